The van der Waals surface area contributed by atoms with Crippen molar-refractivity contribution >= 4 is 21.9 Å². The highest BCUT2D eigenvalue weighted by atomic mass is 32.2. The first-order valence-corrected chi connectivity index (χ1v) is 10.2. The van der Waals surface area contributed by atoms with E-state index in [1.165, 1.54) is 9.21 Å². The Bertz CT molecular complexity index is 834. The summed E-state index contributed by atoms with van der Waals surface area (Å²) >= 11 is 0. The third-order valence-corrected chi connectivity index (χ3v) is 6.35. The van der Waals surface area contributed by atoms with E-state index in [9.17, 15) is 22.4 Å². The van der Waals surface area contributed by atoms with Gasteiger partial charge in [0.15, 0.2) is 6.61 Å². The van der Waals surface area contributed by atoms with Gasteiger partial charge in [-0.25, -0.2) is 17.6 Å². The van der Waals surface area contributed by atoms with Crippen LogP contribution in [0.1, 0.15) is 10.4 Å². The summed E-state index contributed by atoms with van der Waals surface area (Å²) in [6.45, 7) is 1.89. The van der Waals surface area contributed by atoms with Crippen molar-refractivity contribution in [3.05, 3.63) is 29.6 Å². The number of nitrogens with zero attached hydrogens (tertiary/aromatic N) is 2. The van der Waals surface area contributed by atoms with Crippen molar-refractivity contribution in [1.29, 1.82) is 0 Å². The molecule has 0 unspecified atom stereocenters. The smallest absolute Gasteiger partial charge is 0.341 e. The van der Waals surface area contributed by atoms with E-state index in [-0.39, 0.29) is 31.2 Å². The second-order valence-electron chi connectivity index (χ2n) is 6.23. The molecule has 0 aromatic heterocycles. The van der Waals surface area contributed by atoms with Crippen molar-refractivity contribution in [3.63, 3.8) is 0 Å². The lowest BCUT2D eigenvalue weighted by Gasteiger charge is -2.26. The monoisotopic (exact) mass is 416 g/mol. The second kappa shape index (κ2) is 8.95. The minimum absolute atomic E-state index is 0.174. The maximum Gasteiger partial charge on any atom is 0.341 e. The van der Waals surface area contributed by atoms with Gasteiger partial charge in [0.1, 0.15) is 5.82 Å². The Labute approximate surface area is 162 Å². The number of esters is 1. The molecule has 1 aromatic rings. The molecular weight excluding hydrogens is 395 g/mol. The molecule has 2 heterocycles. The van der Waals surface area contributed by atoms with Crippen LogP contribution in [0.2, 0.25) is 0 Å². The number of amides is 1. The van der Waals surface area contributed by atoms with E-state index in [0.717, 1.165) is 18.2 Å². The minimum atomic E-state index is -3.89. The van der Waals surface area contributed by atoms with E-state index in [4.69, 9.17) is 14.2 Å². The highest BCUT2D eigenvalue weighted by Gasteiger charge is 2.28. The highest BCUT2D eigenvalue weighted by Crippen LogP contribution is 2.21. The van der Waals surface area contributed by atoms with Crippen LogP contribution in [0, 0.1) is 5.82 Å². The molecule has 1 amide bonds. The molecule has 2 aliphatic rings. The summed E-state index contributed by atoms with van der Waals surface area (Å²) < 4.78 is 55.8. The number of halogens is 1. The van der Waals surface area contributed by atoms with Crippen LogP contribution in [0.5, 0.6) is 0 Å². The molecule has 0 spiro atoms. The van der Waals surface area contributed by atoms with Gasteiger partial charge < -0.3 is 19.1 Å². The van der Waals surface area contributed by atoms with Gasteiger partial charge >= 0.3 is 5.97 Å². The molecule has 28 heavy (non-hydrogen) atoms. The maximum atomic E-state index is 14.1. The number of carbonyl (C=O) groups is 2. The van der Waals surface area contributed by atoms with E-state index in [2.05, 4.69) is 0 Å². The van der Waals surface area contributed by atoms with E-state index in [0.29, 0.717) is 26.3 Å². The first-order chi connectivity index (χ1) is 13.4. The van der Waals surface area contributed by atoms with Crippen LogP contribution in [-0.4, -0.2) is 88.7 Å². The van der Waals surface area contributed by atoms with E-state index in [1.807, 2.05) is 0 Å². The van der Waals surface area contributed by atoms with Gasteiger partial charge in [-0.1, -0.05) is 0 Å². The number of hydrogen-bond acceptors (Lipinski definition) is 7. The lowest BCUT2D eigenvalue weighted by atomic mass is 10.2. The fourth-order valence-corrected chi connectivity index (χ4v) is 4.30. The van der Waals surface area contributed by atoms with Crippen LogP contribution in [0.3, 0.4) is 0 Å². The summed E-state index contributed by atoms with van der Waals surface area (Å²) in [5.74, 6) is -2.45. The first-order valence-electron chi connectivity index (χ1n) is 8.79. The van der Waals surface area contributed by atoms with E-state index < -0.39 is 39.9 Å². The van der Waals surface area contributed by atoms with Gasteiger partial charge in [0, 0.05) is 26.2 Å². The molecule has 2 fully saturated rings. The molecule has 0 bridgehead atoms. The number of sulfonamides is 1. The standard InChI is InChI=1S/C17H21FN2O7S/c18-15-2-1-13(28(23,24)20-5-9-26-10-6-20)11-14(15)17(22)27-12-16(21)19-3-7-25-8-4-19/h1-2,11H,3-10,12H2. The topological polar surface area (TPSA) is 102 Å². The molecule has 9 nitrogen and oxygen atoms in total. The normalized spacial score (nSPS) is 18.7. The number of rotatable bonds is 5. The number of hydrogen-bond donors (Lipinski definition) is 0. The minimum Gasteiger partial charge on any atom is -0.452 e. The van der Waals surface area contributed by atoms with Crippen LogP contribution in [0.4, 0.5) is 4.39 Å². The number of benzene rings is 1. The Morgan fingerprint density at radius 3 is 2.29 bits per heavy atom. The third-order valence-electron chi connectivity index (χ3n) is 4.46. The molecular formula is C17H21FN2O7S. The zero-order valence-corrected chi connectivity index (χ0v) is 16.0. The Hall–Kier alpha value is -2.08. The molecule has 0 N–H and O–H groups in total. The van der Waals surface area contributed by atoms with Crippen LogP contribution in [-0.2, 0) is 29.0 Å². The predicted molar refractivity (Wildman–Crippen MR) is 93.7 cm³/mol. The van der Waals surface area contributed by atoms with Crippen molar-refractivity contribution in [1.82, 2.24) is 9.21 Å². The van der Waals surface area contributed by atoms with E-state index >= 15 is 0 Å². The quantitative estimate of drug-likeness (QED) is 0.616. The fraction of sp³-hybridized carbons (Fsp3) is 0.529. The van der Waals surface area contributed by atoms with Crippen molar-refractivity contribution < 1.29 is 36.6 Å². The van der Waals surface area contributed by atoms with Crippen LogP contribution < -0.4 is 0 Å². The highest BCUT2D eigenvalue weighted by molar-refractivity contribution is 7.89. The van der Waals surface area contributed by atoms with Crippen LogP contribution >= 0.6 is 0 Å². The molecule has 0 radical (unpaired) electrons. The molecule has 0 saturated carbocycles. The molecule has 0 aliphatic carbocycles. The van der Waals surface area contributed by atoms with Crippen molar-refractivity contribution in [2.45, 2.75) is 4.90 Å². The SMILES string of the molecule is O=C(OCC(=O)N1CCOCC1)c1cc(S(=O)(=O)N2CCOCC2)ccc1F. The largest absolute Gasteiger partial charge is 0.452 e. The molecule has 154 valence electrons. The lowest BCUT2D eigenvalue weighted by molar-refractivity contribution is -0.138. The first kappa shape index (κ1) is 20.6. The average Bonchev–Trinajstić information content (AvgIpc) is 2.73. The predicted octanol–water partition coefficient (Wildman–Crippen LogP) is -0.138. The Morgan fingerprint density at radius 1 is 1.04 bits per heavy atom. The summed E-state index contributed by atoms with van der Waals surface area (Å²) in [5.41, 5.74) is -0.538. The summed E-state index contributed by atoms with van der Waals surface area (Å²) in [6, 6.07) is 2.92. The Kier molecular flexibility index (Phi) is 6.60. The van der Waals surface area contributed by atoms with Gasteiger partial charge in [-0.15, -0.1) is 0 Å². The van der Waals surface area contributed by atoms with Gasteiger partial charge in [-0.2, -0.15) is 4.31 Å². The molecule has 2 saturated heterocycles. The van der Waals surface area contributed by atoms with Gasteiger partial charge in [0.05, 0.1) is 36.9 Å². The van der Waals surface area contributed by atoms with Gasteiger partial charge in [-0.05, 0) is 18.2 Å². The molecule has 0 atom stereocenters. The van der Waals surface area contributed by atoms with Gasteiger partial charge in [0.2, 0.25) is 10.0 Å². The van der Waals surface area contributed by atoms with Gasteiger partial charge in [0.25, 0.3) is 5.91 Å². The van der Waals surface area contributed by atoms with Crippen molar-refractivity contribution in [2.24, 2.45) is 0 Å². The third kappa shape index (κ3) is 4.66. The molecule has 2 aliphatic heterocycles. The lowest BCUT2D eigenvalue weighted by Crippen LogP contribution is -2.42. The van der Waals surface area contributed by atoms with E-state index in [1.54, 1.807) is 0 Å². The summed E-state index contributed by atoms with van der Waals surface area (Å²) in [5, 5.41) is 0. The van der Waals surface area contributed by atoms with Crippen LogP contribution in [0.15, 0.2) is 23.1 Å². The maximum absolute atomic E-state index is 14.1. The second-order valence-corrected chi connectivity index (χ2v) is 8.17. The Balaban J connectivity index is 1.70. The number of carbonyl (C=O) groups excluding carboxylic acids is 2. The summed E-state index contributed by atoms with van der Waals surface area (Å²) in [4.78, 5) is 25.5. The molecule has 3 rings (SSSR count). The number of morpholine rings is 2. The fourth-order valence-electron chi connectivity index (χ4n) is 2.87. The summed E-state index contributed by atoms with van der Waals surface area (Å²) in [6.07, 6.45) is 0. The zero-order chi connectivity index (χ0) is 20.1. The van der Waals surface area contributed by atoms with Crippen molar-refractivity contribution in [2.75, 3.05) is 59.2 Å². The number of ether oxygens (including phenoxy) is 3. The average molecular weight is 416 g/mol. The van der Waals surface area contributed by atoms with Gasteiger partial charge in [-0.3, -0.25) is 4.79 Å². The summed E-state index contributed by atoms with van der Waals surface area (Å²) in [7, 11) is -3.89. The van der Waals surface area contributed by atoms with Crippen LogP contribution in [0.25, 0.3) is 0 Å². The zero-order valence-electron chi connectivity index (χ0n) is 15.1. The molecule has 1 aromatic carbocycles. The van der Waals surface area contributed by atoms with Crippen molar-refractivity contribution in [3.8, 4) is 0 Å². The Morgan fingerprint density at radius 2 is 1.64 bits per heavy atom. The molecule has 11 heteroatoms.